The van der Waals surface area contributed by atoms with Crippen LogP contribution >= 0.6 is 11.6 Å². The van der Waals surface area contributed by atoms with Crippen LogP contribution in [0.3, 0.4) is 0 Å². The van der Waals surface area contributed by atoms with Crippen molar-refractivity contribution in [2.45, 2.75) is 6.92 Å². The molecule has 0 saturated carbocycles. The number of ether oxygens (including phenoxy) is 2. The Morgan fingerprint density at radius 1 is 1.29 bits per heavy atom. The van der Waals surface area contributed by atoms with Gasteiger partial charge in [-0.2, -0.15) is 0 Å². The van der Waals surface area contributed by atoms with Gasteiger partial charge in [-0.1, -0.05) is 11.6 Å². The minimum absolute atomic E-state index is 0.0433. The lowest BCUT2D eigenvalue weighted by molar-refractivity contribution is 0.0989. The average molecular weight is 399 g/mol. The molecular formula is C18H15ClN6O3. The molecule has 3 heterocycles. The standard InChI is InChI=1S/C18H15ClN6O3/c1-10(20)28-18(21)25-5-4-11-8-12(2-3-13(11)25)24-6-7-27-16-14(17(24)26)15(19)22-9-23-16/h2-5,8-9,20-21H,6-7H2,1H3. The van der Waals surface area contributed by atoms with Crippen LogP contribution in [0.25, 0.3) is 10.9 Å². The van der Waals surface area contributed by atoms with Crippen molar-refractivity contribution >= 4 is 46.0 Å². The molecule has 2 aromatic heterocycles. The van der Waals surface area contributed by atoms with E-state index in [9.17, 15) is 4.79 Å². The summed E-state index contributed by atoms with van der Waals surface area (Å²) >= 11 is 6.10. The second-order valence-electron chi connectivity index (χ2n) is 6.04. The fraction of sp³-hybridized carbons (Fsp3) is 0.167. The first-order valence-corrected chi connectivity index (χ1v) is 8.71. The van der Waals surface area contributed by atoms with E-state index in [0.29, 0.717) is 12.2 Å². The molecule has 10 heteroatoms. The second-order valence-corrected chi connectivity index (χ2v) is 6.40. The van der Waals surface area contributed by atoms with E-state index < -0.39 is 0 Å². The fourth-order valence-corrected chi connectivity index (χ4v) is 3.23. The third-order valence-corrected chi connectivity index (χ3v) is 4.52. The zero-order valence-corrected chi connectivity index (χ0v) is 15.5. The third-order valence-electron chi connectivity index (χ3n) is 4.23. The maximum absolute atomic E-state index is 13.0. The molecule has 9 nitrogen and oxygen atoms in total. The van der Waals surface area contributed by atoms with Gasteiger partial charge < -0.3 is 14.4 Å². The third kappa shape index (κ3) is 3.05. The molecule has 2 N–H and O–H groups in total. The predicted molar refractivity (Wildman–Crippen MR) is 104 cm³/mol. The van der Waals surface area contributed by atoms with Crippen LogP contribution in [0.4, 0.5) is 5.69 Å². The van der Waals surface area contributed by atoms with E-state index in [4.69, 9.17) is 31.9 Å². The zero-order valence-electron chi connectivity index (χ0n) is 14.8. The van der Waals surface area contributed by atoms with Gasteiger partial charge in [0.2, 0.25) is 5.88 Å². The van der Waals surface area contributed by atoms with Gasteiger partial charge in [0.15, 0.2) is 5.90 Å². The number of hydrogen-bond donors (Lipinski definition) is 2. The highest BCUT2D eigenvalue weighted by atomic mass is 35.5. The van der Waals surface area contributed by atoms with Gasteiger partial charge in [-0.25, -0.2) is 9.97 Å². The Morgan fingerprint density at radius 2 is 2.11 bits per heavy atom. The summed E-state index contributed by atoms with van der Waals surface area (Å²) in [5, 5.41) is 16.2. The van der Waals surface area contributed by atoms with Crippen molar-refractivity contribution < 1.29 is 14.3 Å². The van der Waals surface area contributed by atoms with Crippen LogP contribution in [0.15, 0.2) is 36.8 Å². The maximum atomic E-state index is 13.0. The lowest BCUT2D eigenvalue weighted by Gasteiger charge is -2.20. The molecule has 0 spiro atoms. The number of rotatable bonds is 1. The fourth-order valence-electron chi connectivity index (χ4n) is 3.02. The normalized spacial score (nSPS) is 13.6. The predicted octanol–water partition coefficient (Wildman–Crippen LogP) is 2.92. The molecule has 0 saturated heterocycles. The molecular weight excluding hydrogens is 384 g/mol. The second kappa shape index (κ2) is 6.93. The minimum atomic E-state index is -0.340. The molecule has 1 aliphatic rings. The summed E-state index contributed by atoms with van der Waals surface area (Å²) in [5.41, 5.74) is 1.51. The molecule has 3 aromatic rings. The van der Waals surface area contributed by atoms with Crippen LogP contribution in [-0.4, -0.2) is 45.5 Å². The number of carbonyl (C=O) groups excluding carboxylic acids is 1. The SMILES string of the molecule is CC(=N)OC(=N)n1ccc2cc(N3CCOc4ncnc(Cl)c4C3=O)ccc21. The Kier molecular flexibility index (Phi) is 4.44. The van der Waals surface area contributed by atoms with Crippen LogP contribution in [0, 0.1) is 10.8 Å². The Hall–Kier alpha value is -3.46. The minimum Gasteiger partial charge on any atom is -0.475 e. The van der Waals surface area contributed by atoms with Crippen molar-refractivity contribution in [2.24, 2.45) is 0 Å². The van der Waals surface area contributed by atoms with Gasteiger partial charge in [0, 0.05) is 24.2 Å². The number of hydrogen-bond acceptors (Lipinski definition) is 7. The van der Waals surface area contributed by atoms with Gasteiger partial charge in [-0.3, -0.25) is 20.2 Å². The average Bonchev–Trinajstić information content (AvgIpc) is 2.99. The number of aromatic nitrogens is 3. The first kappa shape index (κ1) is 17.9. The molecule has 0 bridgehead atoms. The summed E-state index contributed by atoms with van der Waals surface area (Å²) in [5.74, 6) is -0.240. The van der Waals surface area contributed by atoms with Gasteiger partial charge in [0.05, 0.1) is 12.1 Å². The Balaban J connectivity index is 1.71. The quantitative estimate of drug-likeness (QED) is 0.371. The maximum Gasteiger partial charge on any atom is 0.299 e. The van der Waals surface area contributed by atoms with Gasteiger partial charge in [-0.15, -0.1) is 0 Å². The molecule has 28 heavy (non-hydrogen) atoms. The van der Waals surface area contributed by atoms with Gasteiger partial charge >= 0.3 is 0 Å². The topological polar surface area (TPSA) is 117 Å². The highest BCUT2D eigenvalue weighted by Crippen LogP contribution is 2.30. The molecule has 1 aromatic carbocycles. The van der Waals surface area contributed by atoms with Crippen molar-refractivity contribution in [3.8, 4) is 5.88 Å². The van der Waals surface area contributed by atoms with E-state index in [1.807, 2.05) is 6.07 Å². The van der Waals surface area contributed by atoms with Crippen LogP contribution < -0.4 is 9.64 Å². The first-order valence-electron chi connectivity index (χ1n) is 8.34. The van der Waals surface area contributed by atoms with Crippen molar-refractivity contribution in [3.05, 3.63) is 47.5 Å². The number of halogens is 1. The summed E-state index contributed by atoms with van der Waals surface area (Å²) in [6, 6.07) is 7.01. The summed E-state index contributed by atoms with van der Waals surface area (Å²) in [6.07, 6.45) is 2.93. The Bertz CT molecular complexity index is 1130. The van der Waals surface area contributed by atoms with Crippen molar-refractivity contribution in [1.82, 2.24) is 14.5 Å². The number of carbonyl (C=O) groups is 1. The van der Waals surface area contributed by atoms with Gasteiger partial charge in [0.25, 0.3) is 11.9 Å². The number of nitrogens with zero attached hydrogens (tertiary/aromatic N) is 4. The van der Waals surface area contributed by atoms with E-state index in [-0.39, 0.29) is 41.0 Å². The smallest absolute Gasteiger partial charge is 0.299 e. The number of fused-ring (bicyclic) bond motifs is 2. The molecule has 4 rings (SSSR count). The highest BCUT2D eigenvalue weighted by Gasteiger charge is 2.29. The van der Waals surface area contributed by atoms with Crippen LogP contribution in [0.2, 0.25) is 5.15 Å². The number of anilines is 1. The summed E-state index contributed by atoms with van der Waals surface area (Å²) in [6.45, 7) is 2.05. The van der Waals surface area contributed by atoms with Gasteiger partial charge in [-0.05, 0) is 24.3 Å². The molecule has 1 amide bonds. The summed E-state index contributed by atoms with van der Waals surface area (Å²) in [7, 11) is 0. The van der Waals surface area contributed by atoms with E-state index in [0.717, 1.165) is 10.9 Å². The van der Waals surface area contributed by atoms with Crippen LogP contribution in [-0.2, 0) is 4.74 Å². The molecule has 0 aliphatic carbocycles. The molecule has 0 atom stereocenters. The molecule has 0 unspecified atom stereocenters. The van der Waals surface area contributed by atoms with E-state index in [2.05, 4.69) is 9.97 Å². The zero-order chi connectivity index (χ0) is 19.8. The monoisotopic (exact) mass is 398 g/mol. The molecule has 1 aliphatic heterocycles. The summed E-state index contributed by atoms with van der Waals surface area (Å²) < 4.78 is 12.1. The van der Waals surface area contributed by atoms with E-state index in [1.165, 1.54) is 17.8 Å². The van der Waals surface area contributed by atoms with Crippen molar-refractivity contribution in [1.29, 1.82) is 10.8 Å². The largest absolute Gasteiger partial charge is 0.475 e. The van der Waals surface area contributed by atoms with Crippen LogP contribution in [0.5, 0.6) is 5.88 Å². The molecule has 142 valence electrons. The lowest BCUT2D eigenvalue weighted by atomic mass is 10.2. The highest BCUT2D eigenvalue weighted by molar-refractivity contribution is 6.33. The van der Waals surface area contributed by atoms with Crippen molar-refractivity contribution in [2.75, 3.05) is 18.1 Å². The molecule has 0 fully saturated rings. The number of amides is 1. The van der Waals surface area contributed by atoms with E-state index in [1.54, 1.807) is 29.3 Å². The Labute approximate surface area is 164 Å². The van der Waals surface area contributed by atoms with Crippen molar-refractivity contribution in [3.63, 3.8) is 0 Å². The molecule has 0 radical (unpaired) electrons. The number of benzene rings is 1. The Morgan fingerprint density at radius 3 is 2.89 bits per heavy atom. The number of nitrogens with one attached hydrogen (secondary N) is 2. The summed E-state index contributed by atoms with van der Waals surface area (Å²) in [4.78, 5) is 22.5. The first-order chi connectivity index (χ1) is 13.5. The van der Waals surface area contributed by atoms with Crippen LogP contribution in [0.1, 0.15) is 17.3 Å². The van der Waals surface area contributed by atoms with Gasteiger partial charge in [0.1, 0.15) is 23.7 Å². The van der Waals surface area contributed by atoms with E-state index >= 15 is 0 Å². The lowest BCUT2D eigenvalue weighted by Crippen LogP contribution is -2.32.